The maximum atomic E-state index is 11.5. The molecule has 104 valence electrons. The Morgan fingerprint density at radius 2 is 2.37 bits per heavy atom. The van der Waals surface area contributed by atoms with Gasteiger partial charge >= 0.3 is 0 Å². The SMILES string of the molecule is CC1CN(c2ncc(N)cc2C(N)=O)CC(CO)O1. The average Bonchev–Trinajstić information content (AvgIpc) is 2.37. The third-order valence-corrected chi connectivity index (χ3v) is 2.98. The van der Waals surface area contributed by atoms with Gasteiger partial charge in [0.1, 0.15) is 5.82 Å². The van der Waals surface area contributed by atoms with Crippen LogP contribution in [0.4, 0.5) is 11.5 Å². The number of hydrogen-bond acceptors (Lipinski definition) is 6. The molecule has 0 saturated carbocycles. The number of hydrogen-bond donors (Lipinski definition) is 3. The van der Waals surface area contributed by atoms with Crippen molar-refractivity contribution >= 4 is 17.4 Å². The van der Waals surface area contributed by atoms with Crippen molar-refractivity contribution in [3.05, 3.63) is 17.8 Å². The van der Waals surface area contributed by atoms with Crippen LogP contribution in [0.25, 0.3) is 0 Å². The molecule has 1 aliphatic rings. The van der Waals surface area contributed by atoms with Gasteiger partial charge in [0, 0.05) is 13.1 Å². The quantitative estimate of drug-likeness (QED) is 0.669. The first-order valence-electron chi connectivity index (χ1n) is 6.08. The molecule has 1 aliphatic heterocycles. The monoisotopic (exact) mass is 266 g/mol. The Bertz CT molecular complexity index is 480. The molecule has 7 heteroatoms. The van der Waals surface area contributed by atoms with Gasteiger partial charge in [0.15, 0.2) is 0 Å². The number of aliphatic hydroxyl groups is 1. The first kappa shape index (κ1) is 13.6. The number of ether oxygens (including phenoxy) is 1. The smallest absolute Gasteiger partial charge is 0.252 e. The summed E-state index contributed by atoms with van der Waals surface area (Å²) in [6.07, 6.45) is 1.12. The highest BCUT2D eigenvalue weighted by Gasteiger charge is 2.28. The minimum Gasteiger partial charge on any atom is -0.397 e. The molecular formula is C12H18N4O3. The van der Waals surface area contributed by atoms with E-state index < -0.39 is 5.91 Å². The van der Waals surface area contributed by atoms with Gasteiger partial charge in [0.2, 0.25) is 0 Å². The molecule has 7 nitrogen and oxygen atoms in total. The van der Waals surface area contributed by atoms with E-state index in [-0.39, 0.29) is 24.4 Å². The number of carbonyl (C=O) groups excluding carboxylic acids is 1. The zero-order valence-corrected chi connectivity index (χ0v) is 10.7. The van der Waals surface area contributed by atoms with Gasteiger partial charge in [0.25, 0.3) is 5.91 Å². The van der Waals surface area contributed by atoms with Crippen LogP contribution in [-0.2, 0) is 4.74 Å². The number of nitrogen functional groups attached to an aromatic ring is 1. The number of anilines is 2. The lowest BCUT2D eigenvalue weighted by atomic mass is 10.1. The molecule has 1 aromatic heterocycles. The molecule has 19 heavy (non-hydrogen) atoms. The van der Waals surface area contributed by atoms with E-state index in [4.69, 9.17) is 16.2 Å². The predicted molar refractivity (Wildman–Crippen MR) is 70.8 cm³/mol. The standard InChI is InChI=1S/C12H18N4O3/c1-7-4-16(5-9(6-17)19-7)12-10(11(14)18)2-8(13)3-15-12/h2-3,7,9,17H,4-6,13H2,1H3,(H2,14,18). The normalized spacial score (nSPS) is 23.4. The zero-order valence-electron chi connectivity index (χ0n) is 10.7. The maximum absolute atomic E-state index is 11.5. The second-order valence-corrected chi connectivity index (χ2v) is 4.66. The molecule has 2 unspecified atom stereocenters. The number of aliphatic hydroxyl groups excluding tert-OH is 1. The molecule has 1 saturated heterocycles. The highest BCUT2D eigenvalue weighted by molar-refractivity contribution is 5.98. The molecule has 5 N–H and O–H groups in total. The Balaban J connectivity index is 2.32. The molecule has 0 bridgehead atoms. The van der Waals surface area contributed by atoms with E-state index in [1.54, 1.807) is 0 Å². The van der Waals surface area contributed by atoms with Gasteiger partial charge in [-0.2, -0.15) is 0 Å². The van der Waals surface area contributed by atoms with E-state index in [1.165, 1.54) is 12.3 Å². The topological polar surface area (TPSA) is 115 Å². The number of aromatic nitrogens is 1. The number of nitrogens with two attached hydrogens (primary N) is 2. The van der Waals surface area contributed by atoms with Crippen molar-refractivity contribution in [2.75, 3.05) is 30.3 Å². The first-order chi connectivity index (χ1) is 9.01. The molecule has 2 rings (SSSR count). The van der Waals surface area contributed by atoms with Crippen molar-refractivity contribution in [2.45, 2.75) is 19.1 Å². The lowest BCUT2D eigenvalue weighted by molar-refractivity contribution is -0.0423. The summed E-state index contributed by atoms with van der Waals surface area (Å²) in [5.41, 5.74) is 11.6. The van der Waals surface area contributed by atoms with Crippen LogP contribution in [0.2, 0.25) is 0 Å². The number of nitrogens with zero attached hydrogens (tertiary/aromatic N) is 2. The fourth-order valence-electron chi connectivity index (χ4n) is 2.23. The summed E-state index contributed by atoms with van der Waals surface area (Å²) in [5, 5.41) is 9.21. The largest absolute Gasteiger partial charge is 0.397 e. The Kier molecular flexibility index (Phi) is 3.87. The van der Waals surface area contributed by atoms with Gasteiger partial charge in [-0.05, 0) is 13.0 Å². The van der Waals surface area contributed by atoms with Crippen LogP contribution in [-0.4, -0.2) is 47.9 Å². The minimum absolute atomic E-state index is 0.0639. The highest BCUT2D eigenvalue weighted by atomic mass is 16.5. The van der Waals surface area contributed by atoms with E-state index in [0.717, 1.165) is 0 Å². The summed E-state index contributed by atoms with van der Waals surface area (Å²) in [7, 11) is 0. The Hall–Kier alpha value is -1.86. The molecular weight excluding hydrogens is 248 g/mol. The van der Waals surface area contributed by atoms with Crippen molar-refractivity contribution < 1.29 is 14.6 Å². The molecule has 0 aliphatic carbocycles. The third-order valence-electron chi connectivity index (χ3n) is 2.98. The van der Waals surface area contributed by atoms with E-state index in [2.05, 4.69) is 4.98 Å². The molecule has 0 aromatic carbocycles. The van der Waals surface area contributed by atoms with Crippen LogP contribution in [0.1, 0.15) is 17.3 Å². The van der Waals surface area contributed by atoms with Gasteiger partial charge in [-0.1, -0.05) is 0 Å². The van der Waals surface area contributed by atoms with Crippen LogP contribution in [0, 0.1) is 0 Å². The van der Waals surface area contributed by atoms with Crippen LogP contribution in [0.5, 0.6) is 0 Å². The summed E-state index contributed by atoms with van der Waals surface area (Å²) in [5.74, 6) is -0.0928. The molecule has 2 heterocycles. The van der Waals surface area contributed by atoms with Gasteiger partial charge in [-0.3, -0.25) is 4.79 Å². The van der Waals surface area contributed by atoms with Crippen LogP contribution >= 0.6 is 0 Å². The fraction of sp³-hybridized carbons (Fsp3) is 0.500. The van der Waals surface area contributed by atoms with Crippen LogP contribution < -0.4 is 16.4 Å². The molecule has 0 radical (unpaired) electrons. The Morgan fingerprint density at radius 1 is 1.63 bits per heavy atom. The number of pyridine rings is 1. The molecule has 0 spiro atoms. The van der Waals surface area contributed by atoms with Crippen LogP contribution in [0.3, 0.4) is 0 Å². The lowest BCUT2D eigenvalue weighted by Gasteiger charge is -2.37. The predicted octanol–water partition coefficient (Wildman–Crippen LogP) is -0.651. The summed E-state index contributed by atoms with van der Waals surface area (Å²) in [6.45, 7) is 2.85. The van der Waals surface area contributed by atoms with Gasteiger partial charge in [0.05, 0.1) is 36.3 Å². The van der Waals surface area contributed by atoms with Crippen molar-refractivity contribution in [2.24, 2.45) is 5.73 Å². The number of morpholine rings is 1. The summed E-state index contributed by atoms with van der Waals surface area (Å²) < 4.78 is 5.55. The third kappa shape index (κ3) is 2.94. The maximum Gasteiger partial charge on any atom is 0.252 e. The first-order valence-corrected chi connectivity index (χ1v) is 6.08. The minimum atomic E-state index is -0.575. The summed E-state index contributed by atoms with van der Waals surface area (Å²) in [6, 6.07) is 1.51. The Morgan fingerprint density at radius 3 is 3.00 bits per heavy atom. The number of rotatable bonds is 3. The zero-order chi connectivity index (χ0) is 14.0. The Labute approximate surface area is 111 Å². The molecule has 2 atom stereocenters. The van der Waals surface area contributed by atoms with Gasteiger partial charge < -0.3 is 26.2 Å². The highest BCUT2D eigenvalue weighted by Crippen LogP contribution is 2.23. The number of carbonyl (C=O) groups is 1. The number of amides is 1. The van der Waals surface area contributed by atoms with E-state index in [9.17, 15) is 9.90 Å². The summed E-state index contributed by atoms with van der Waals surface area (Å²) >= 11 is 0. The fourth-order valence-corrected chi connectivity index (χ4v) is 2.23. The van der Waals surface area contributed by atoms with Gasteiger partial charge in [-0.15, -0.1) is 0 Å². The van der Waals surface area contributed by atoms with Crippen molar-refractivity contribution in [3.8, 4) is 0 Å². The molecule has 1 amide bonds. The van der Waals surface area contributed by atoms with Crippen molar-refractivity contribution in [3.63, 3.8) is 0 Å². The van der Waals surface area contributed by atoms with E-state index >= 15 is 0 Å². The average molecular weight is 266 g/mol. The lowest BCUT2D eigenvalue weighted by Crippen LogP contribution is -2.49. The van der Waals surface area contributed by atoms with Gasteiger partial charge in [-0.25, -0.2) is 4.98 Å². The summed E-state index contributed by atoms with van der Waals surface area (Å²) in [4.78, 5) is 17.5. The molecule has 1 fully saturated rings. The second-order valence-electron chi connectivity index (χ2n) is 4.66. The second kappa shape index (κ2) is 5.41. The van der Waals surface area contributed by atoms with Crippen molar-refractivity contribution in [1.82, 2.24) is 4.98 Å². The van der Waals surface area contributed by atoms with Crippen LogP contribution in [0.15, 0.2) is 12.3 Å². The number of primary amides is 1. The molecule has 1 aromatic rings. The van der Waals surface area contributed by atoms with E-state index in [0.29, 0.717) is 24.6 Å². The van der Waals surface area contributed by atoms with E-state index in [1.807, 2.05) is 11.8 Å². The van der Waals surface area contributed by atoms with Crippen molar-refractivity contribution in [1.29, 1.82) is 0 Å².